The van der Waals surface area contributed by atoms with Crippen molar-refractivity contribution in [1.82, 2.24) is 9.55 Å². The molecule has 0 spiro atoms. The number of methoxy groups -OCH3 is 1. The molecule has 0 aliphatic carbocycles. The number of aliphatic imine (C=N–C) groups is 1. The van der Waals surface area contributed by atoms with Crippen LogP contribution in [0.4, 0.5) is 5.69 Å². The highest BCUT2D eigenvalue weighted by molar-refractivity contribution is 6.21. The van der Waals surface area contributed by atoms with Gasteiger partial charge in [-0.2, -0.15) is 0 Å². The Morgan fingerprint density at radius 1 is 1.14 bits per heavy atom. The van der Waals surface area contributed by atoms with E-state index in [1.165, 1.54) is 6.08 Å². The van der Waals surface area contributed by atoms with E-state index in [2.05, 4.69) is 9.98 Å². The van der Waals surface area contributed by atoms with Crippen LogP contribution in [0.1, 0.15) is 16.7 Å². The molecule has 4 rings (SSSR count). The van der Waals surface area contributed by atoms with Crippen molar-refractivity contribution in [3.63, 3.8) is 0 Å². The topological polar surface area (TPSA) is 96.7 Å². The van der Waals surface area contributed by atoms with Crippen LogP contribution in [-0.2, 0) is 6.54 Å². The first-order chi connectivity index (χ1) is 13.6. The van der Waals surface area contributed by atoms with E-state index in [1.807, 2.05) is 24.3 Å². The Morgan fingerprint density at radius 3 is 2.64 bits per heavy atom. The second-order valence-electron chi connectivity index (χ2n) is 6.31. The summed E-state index contributed by atoms with van der Waals surface area (Å²) >= 11 is 0. The predicted octanol–water partition coefficient (Wildman–Crippen LogP) is 2.56. The van der Waals surface area contributed by atoms with Gasteiger partial charge in [0.05, 0.1) is 19.3 Å². The van der Waals surface area contributed by atoms with Crippen LogP contribution in [0.15, 0.2) is 63.1 Å². The summed E-state index contributed by atoms with van der Waals surface area (Å²) in [7, 11) is 1.57. The van der Waals surface area contributed by atoms with E-state index in [0.29, 0.717) is 11.3 Å². The van der Waals surface area contributed by atoms with Crippen molar-refractivity contribution in [2.45, 2.75) is 6.54 Å². The fourth-order valence-electron chi connectivity index (χ4n) is 3.07. The molecule has 0 fully saturated rings. The number of fused-ring (bicyclic) bond motifs is 1. The Kier molecular flexibility index (Phi) is 4.41. The average Bonchev–Trinajstić information content (AvgIpc) is 3.12. The van der Waals surface area contributed by atoms with E-state index in [-0.39, 0.29) is 12.1 Å². The Labute approximate surface area is 159 Å². The molecule has 1 aliphatic heterocycles. The van der Waals surface area contributed by atoms with Crippen molar-refractivity contribution in [2.75, 3.05) is 7.11 Å². The molecule has 1 aromatic heterocycles. The average molecular weight is 375 g/mol. The molecule has 1 aliphatic rings. The summed E-state index contributed by atoms with van der Waals surface area (Å²) in [4.78, 5) is 31.1. The number of hydrogen-bond donors (Lipinski definition) is 2. The molecular weight excluding hydrogens is 358 g/mol. The van der Waals surface area contributed by atoms with E-state index >= 15 is 0 Å². The molecule has 2 aromatic carbocycles. The highest BCUT2D eigenvalue weighted by atomic mass is 16.5. The normalized spacial score (nSPS) is 13.7. The van der Waals surface area contributed by atoms with E-state index in [0.717, 1.165) is 21.4 Å². The van der Waals surface area contributed by atoms with Gasteiger partial charge in [-0.05, 0) is 29.8 Å². The molecule has 7 heteroatoms. The minimum Gasteiger partial charge on any atom is -0.497 e. The first kappa shape index (κ1) is 17.5. The van der Waals surface area contributed by atoms with Gasteiger partial charge < -0.3 is 9.84 Å². The first-order valence-electron chi connectivity index (χ1n) is 8.61. The lowest BCUT2D eigenvalue weighted by atomic mass is 10.1. The Morgan fingerprint density at radius 2 is 1.89 bits per heavy atom. The van der Waals surface area contributed by atoms with Gasteiger partial charge in [-0.1, -0.05) is 30.3 Å². The van der Waals surface area contributed by atoms with Gasteiger partial charge in [0.25, 0.3) is 5.56 Å². The van der Waals surface area contributed by atoms with Crippen LogP contribution in [0.2, 0.25) is 0 Å². The monoisotopic (exact) mass is 375 g/mol. The lowest BCUT2D eigenvalue weighted by molar-refractivity contribution is 0.407. The SMILES string of the molecule is COc1ccc(Cn2c(O)c(C=C3C=Nc4ccccc43)c(=O)[nH]c2=O)cc1. The van der Waals surface area contributed by atoms with E-state index in [4.69, 9.17) is 4.74 Å². The molecule has 2 N–H and O–H groups in total. The summed E-state index contributed by atoms with van der Waals surface area (Å²) in [5.74, 6) is 0.293. The van der Waals surface area contributed by atoms with Crippen LogP contribution >= 0.6 is 0 Å². The van der Waals surface area contributed by atoms with Crippen molar-refractivity contribution in [1.29, 1.82) is 0 Å². The second kappa shape index (κ2) is 7.03. The largest absolute Gasteiger partial charge is 0.497 e. The molecule has 7 nitrogen and oxygen atoms in total. The zero-order chi connectivity index (χ0) is 19.7. The maximum Gasteiger partial charge on any atom is 0.331 e. The van der Waals surface area contributed by atoms with Gasteiger partial charge in [-0.3, -0.25) is 19.3 Å². The summed E-state index contributed by atoms with van der Waals surface area (Å²) in [6.45, 7) is 0.103. The molecule has 0 saturated carbocycles. The zero-order valence-corrected chi connectivity index (χ0v) is 15.0. The molecule has 0 bridgehead atoms. The quantitative estimate of drug-likeness (QED) is 0.732. The maximum atomic E-state index is 12.3. The number of benzene rings is 2. The fraction of sp³-hybridized carbons (Fsp3) is 0.0952. The predicted molar refractivity (Wildman–Crippen MR) is 108 cm³/mol. The number of nitrogens with zero attached hydrogens (tertiary/aromatic N) is 2. The standard InChI is InChI=1S/C21H17N3O4/c1-28-15-8-6-13(7-9-15)12-24-20(26)17(19(25)23-21(24)27)10-14-11-22-18-5-3-2-4-16(14)18/h2-11,26H,12H2,1H3,(H,23,25,27). The van der Waals surface area contributed by atoms with E-state index in [9.17, 15) is 14.7 Å². The van der Waals surface area contributed by atoms with Gasteiger partial charge >= 0.3 is 5.69 Å². The highest BCUT2D eigenvalue weighted by Gasteiger charge is 2.17. The zero-order valence-electron chi connectivity index (χ0n) is 15.0. The number of para-hydroxylation sites is 1. The molecule has 2 heterocycles. The third-order valence-electron chi connectivity index (χ3n) is 4.56. The van der Waals surface area contributed by atoms with Crippen LogP contribution in [0, 0.1) is 0 Å². The summed E-state index contributed by atoms with van der Waals surface area (Å²) in [6.07, 6.45) is 3.16. The van der Waals surface area contributed by atoms with Gasteiger partial charge in [0.1, 0.15) is 11.3 Å². The van der Waals surface area contributed by atoms with Crippen LogP contribution in [-0.4, -0.2) is 28.0 Å². The number of aromatic amines is 1. The van der Waals surface area contributed by atoms with Crippen molar-refractivity contribution in [3.8, 4) is 11.6 Å². The molecule has 28 heavy (non-hydrogen) atoms. The van der Waals surface area contributed by atoms with Crippen molar-refractivity contribution in [2.24, 2.45) is 4.99 Å². The minimum absolute atomic E-state index is 0.00580. The Bertz CT molecular complexity index is 1220. The van der Waals surface area contributed by atoms with Crippen LogP contribution in [0.25, 0.3) is 11.6 Å². The molecule has 0 saturated heterocycles. The van der Waals surface area contributed by atoms with Gasteiger partial charge in [0.15, 0.2) is 0 Å². The number of aromatic nitrogens is 2. The van der Waals surface area contributed by atoms with Gasteiger partial charge in [0, 0.05) is 17.4 Å². The maximum absolute atomic E-state index is 12.3. The molecule has 0 radical (unpaired) electrons. The summed E-state index contributed by atoms with van der Waals surface area (Å²) in [5.41, 5.74) is 1.78. The van der Waals surface area contributed by atoms with Gasteiger partial charge in [-0.15, -0.1) is 0 Å². The van der Waals surface area contributed by atoms with Gasteiger partial charge in [0.2, 0.25) is 5.88 Å². The third-order valence-corrected chi connectivity index (χ3v) is 4.56. The fourth-order valence-corrected chi connectivity index (χ4v) is 3.07. The number of nitrogens with one attached hydrogen (secondary N) is 1. The second-order valence-corrected chi connectivity index (χ2v) is 6.31. The Balaban J connectivity index is 1.76. The molecule has 0 amide bonds. The Hall–Kier alpha value is -3.87. The van der Waals surface area contributed by atoms with Crippen molar-refractivity contribution < 1.29 is 9.84 Å². The number of aromatic hydroxyl groups is 1. The molecule has 140 valence electrons. The third kappa shape index (κ3) is 3.14. The molecular formula is C21H17N3O4. The number of hydrogen-bond acceptors (Lipinski definition) is 5. The van der Waals surface area contributed by atoms with Crippen molar-refractivity contribution >= 4 is 23.6 Å². The molecule has 0 unspecified atom stereocenters. The van der Waals surface area contributed by atoms with E-state index in [1.54, 1.807) is 37.6 Å². The van der Waals surface area contributed by atoms with Crippen LogP contribution in [0.3, 0.4) is 0 Å². The summed E-state index contributed by atoms with van der Waals surface area (Å²) in [6, 6.07) is 14.6. The number of H-pyrrole nitrogens is 1. The summed E-state index contributed by atoms with van der Waals surface area (Å²) < 4.78 is 6.24. The van der Waals surface area contributed by atoms with Crippen molar-refractivity contribution in [3.05, 3.63) is 86.1 Å². The number of rotatable bonds is 4. The molecule has 0 atom stereocenters. The first-order valence-corrected chi connectivity index (χ1v) is 8.61. The lowest BCUT2D eigenvalue weighted by Gasteiger charge is -2.11. The number of ether oxygens (including phenoxy) is 1. The smallest absolute Gasteiger partial charge is 0.331 e. The minimum atomic E-state index is -0.680. The summed E-state index contributed by atoms with van der Waals surface area (Å²) in [5, 5.41) is 10.7. The van der Waals surface area contributed by atoms with E-state index < -0.39 is 17.1 Å². The number of allylic oxidation sites excluding steroid dienone is 1. The highest BCUT2D eigenvalue weighted by Crippen LogP contribution is 2.32. The van der Waals surface area contributed by atoms with Crippen LogP contribution < -0.4 is 16.0 Å². The lowest BCUT2D eigenvalue weighted by Crippen LogP contribution is -2.31. The molecule has 3 aromatic rings. The van der Waals surface area contributed by atoms with Gasteiger partial charge in [-0.25, -0.2) is 4.79 Å². The van der Waals surface area contributed by atoms with Crippen LogP contribution in [0.5, 0.6) is 11.6 Å².